The fourth-order valence-corrected chi connectivity index (χ4v) is 2.11. The third kappa shape index (κ3) is 5.52. The van der Waals surface area contributed by atoms with Gasteiger partial charge in [0.15, 0.2) is 0 Å². The Morgan fingerprint density at radius 2 is 2.15 bits per heavy atom. The van der Waals surface area contributed by atoms with E-state index in [1.54, 1.807) is 0 Å². The Balaban J connectivity index is 2.64. The molecule has 4 heteroatoms. The third-order valence-corrected chi connectivity index (χ3v) is 4.10. The molecule has 0 fully saturated rings. The summed E-state index contributed by atoms with van der Waals surface area (Å²) >= 11 is 3.55. The molecule has 0 amide bonds. The van der Waals surface area contributed by atoms with Gasteiger partial charge in [-0.15, -0.1) is 0 Å². The van der Waals surface area contributed by atoms with Crippen molar-refractivity contribution in [1.29, 1.82) is 5.26 Å². The summed E-state index contributed by atoms with van der Waals surface area (Å²) in [5.41, 5.74) is 6.82. The molecule has 1 aromatic carbocycles. The minimum Gasteiger partial charge on any atom is -0.494 e. The highest BCUT2D eigenvalue weighted by atomic mass is 79.9. The maximum absolute atomic E-state index is 8.97. The Morgan fingerprint density at radius 1 is 1.45 bits per heavy atom. The van der Waals surface area contributed by atoms with Crippen molar-refractivity contribution in [3.8, 4) is 11.8 Å². The van der Waals surface area contributed by atoms with Gasteiger partial charge in [-0.25, -0.2) is 0 Å². The molecule has 20 heavy (non-hydrogen) atoms. The average Bonchev–Trinajstić information content (AvgIpc) is 2.42. The number of nitrogens with two attached hydrogens (primary N) is 1. The first kappa shape index (κ1) is 17.0. The van der Waals surface area contributed by atoms with Crippen molar-refractivity contribution >= 4 is 15.9 Å². The molecule has 2 N–H and O–H groups in total. The Morgan fingerprint density at radius 3 is 2.75 bits per heavy atom. The molecule has 0 bridgehead atoms. The topological polar surface area (TPSA) is 59.0 Å². The van der Waals surface area contributed by atoms with Gasteiger partial charge in [0.25, 0.3) is 0 Å². The fraction of sp³-hybridized carbons (Fsp3) is 0.562. The van der Waals surface area contributed by atoms with E-state index in [4.69, 9.17) is 15.7 Å². The lowest BCUT2D eigenvalue weighted by Gasteiger charge is -2.16. The largest absolute Gasteiger partial charge is 0.494 e. The minimum atomic E-state index is -0.344. The summed E-state index contributed by atoms with van der Waals surface area (Å²) in [6.45, 7) is 6.47. The predicted molar refractivity (Wildman–Crippen MR) is 85.6 cm³/mol. The van der Waals surface area contributed by atoms with Crippen LogP contribution in [0.4, 0.5) is 0 Å². The maximum atomic E-state index is 8.97. The van der Waals surface area contributed by atoms with Crippen LogP contribution in [0.5, 0.6) is 5.75 Å². The van der Waals surface area contributed by atoms with Crippen molar-refractivity contribution in [2.75, 3.05) is 6.61 Å². The summed E-state index contributed by atoms with van der Waals surface area (Å²) in [7, 11) is 0. The molecule has 0 heterocycles. The Labute approximate surface area is 130 Å². The normalized spacial score (nSPS) is 12.8. The monoisotopic (exact) mass is 338 g/mol. The van der Waals surface area contributed by atoms with Crippen LogP contribution in [0.2, 0.25) is 0 Å². The first-order chi connectivity index (χ1) is 9.38. The smallest absolute Gasteiger partial charge is 0.119 e. The summed E-state index contributed by atoms with van der Waals surface area (Å²) < 4.78 is 6.80. The molecular formula is C16H23BrN2O. The lowest BCUT2D eigenvalue weighted by Crippen LogP contribution is -2.21. The van der Waals surface area contributed by atoms with Gasteiger partial charge in [-0.3, -0.25) is 0 Å². The van der Waals surface area contributed by atoms with E-state index in [0.717, 1.165) is 28.6 Å². The standard InChI is InChI=1S/C16H23BrN2O/c1-4-13(19)9-12-10-14(5-6-15(12)17)20-8-7-16(2,3)11-18/h5-6,10,13H,4,7-9,19H2,1-3H3. The molecule has 0 saturated heterocycles. The van der Waals surface area contributed by atoms with Gasteiger partial charge in [0.05, 0.1) is 18.1 Å². The van der Waals surface area contributed by atoms with Gasteiger partial charge in [0, 0.05) is 10.5 Å². The van der Waals surface area contributed by atoms with Crippen LogP contribution < -0.4 is 10.5 Å². The first-order valence-electron chi connectivity index (χ1n) is 6.96. The zero-order chi connectivity index (χ0) is 15.2. The number of halogens is 1. The lowest BCUT2D eigenvalue weighted by atomic mass is 9.92. The van der Waals surface area contributed by atoms with Crippen molar-refractivity contribution in [1.82, 2.24) is 0 Å². The number of benzene rings is 1. The molecule has 0 radical (unpaired) electrons. The number of hydrogen-bond acceptors (Lipinski definition) is 3. The zero-order valence-corrected chi connectivity index (χ0v) is 14.0. The zero-order valence-electron chi connectivity index (χ0n) is 12.4. The molecule has 1 aromatic rings. The Bertz CT molecular complexity index is 480. The molecule has 0 saturated carbocycles. The van der Waals surface area contributed by atoms with Crippen molar-refractivity contribution in [2.45, 2.75) is 46.1 Å². The number of rotatable bonds is 7. The quantitative estimate of drug-likeness (QED) is 0.815. The molecule has 0 aliphatic carbocycles. The molecule has 1 atom stereocenters. The van der Waals surface area contributed by atoms with Crippen LogP contribution in [-0.4, -0.2) is 12.6 Å². The third-order valence-electron chi connectivity index (χ3n) is 3.32. The van der Waals surface area contributed by atoms with Crippen LogP contribution in [0.15, 0.2) is 22.7 Å². The predicted octanol–water partition coefficient (Wildman–Crippen LogP) is 4.05. The summed E-state index contributed by atoms with van der Waals surface area (Å²) in [4.78, 5) is 0. The van der Waals surface area contributed by atoms with E-state index >= 15 is 0 Å². The van der Waals surface area contributed by atoms with E-state index in [1.807, 2.05) is 32.0 Å². The van der Waals surface area contributed by atoms with Crippen LogP contribution >= 0.6 is 15.9 Å². The SMILES string of the molecule is CCC(N)Cc1cc(OCCC(C)(C)C#N)ccc1Br. The highest BCUT2D eigenvalue weighted by Gasteiger charge is 2.16. The molecule has 0 aliphatic heterocycles. The van der Waals surface area contributed by atoms with Crippen molar-refractivity contribution in [3.63, 3.8) is 0 Å². The summed E-state index contributed by atoms with van der Waals surface area (Å²) in [5.74, 6) is 0.834. The van der Waals surface area contributed by atoms with Gasteiger partial charge < -0.3 is 10.5 Å². The molecule has 1 unspecified atom stereocenters. The second kappa shape index (κ2) is 7.66. The second-order valence-corrected chi connectivity index (χ2v) is 6.57. The molecule has 1 rings (SSSR count). The number of hydrogen-bond donors (Lipinski definition) is 1. The van der Waals surface area contributed by atoms with Crippen molar-refractivity contribution in [3.05, 3.63) is 28.2 Å². The highest BCUT2D eigenvalue weighted by molar-refractivity contribution is 9.10. The number of nitrogens with zero attached hydrogens (tertiary/aromatic N) is 1. The minimum absolute atomic E-state index is 0.166. The Hall–Kier alpha value is -1.05. The van der Waals surface area contributed by atoms with Crippen LogP contribution in [0.1, 0.15) is 39.2 Å². The van der Waals surface area contributed by atoms with Gasteiger partial charge in [-0.05, 0) is 56.9 Å². The van der Waals surface area contributed by atoms with Crippen molar-refractivity contribution < 1.29 is 4.74 Å². The first-order valence-corrected chi connectivity index (χ1v) is 7.75. The molecule has 0 aliphatic rings. The van der Waals surface area contributed by atoms with Gasteiger partial charge in [-0.1, -0.05) is 22.9 Å². The van der Waals surface area contributed by atoms with E-state index in [1.165, 1.54) is 0 Å². The fourth-order valence-electron chi connectivity index (χ4n) is 1.70. The van der Waals surface area contributed by atoms with Crippen LogP contribution in [0.3, 0.4) is 0 Å². The molecular weight excluding hydrogens is 316 g/mol. The number of nitriles is 1. The van der Waals surface area contributed by atoms with Gasteiger partial charge in [0.1, 0.15) is 5.75 Å². The van der Waals surface area contributed by atoms with Crippen LogP contribution in [0, 0.1) is 16.7 Å². The van der Waals surface area contributed by atoms with Crippen LogP contribution in [0.25, 0.3) is 0 Å². The van der Waals surface area contributed by atoms with Gasteiger partial charge in [-0.2, -0.15) is 5.26 Å². The molecule has 3 nitrogen and oxygen atoms in total. The van der Waals surface area contributed by atoms with Gasteiger partial charge in [0.2, 0.25) is 0 Å². The maximum Gasteiger partial charge on any atom is 0.119 e. The summed E-state index contributed by atoms with van der Waals surface area (Å²) in [6.07, 6.45) is 2.50. The van der Waals surface area contributed by atoms with E-state index in [0.29, 0.717) is 13.0 Å². The second-order valence-electron chi connectivity index (χ2n) is 5.72. The van der Waals surface area contributed by atoms with Crippen LogP contribution in [-0.2, 0) is 6.42 Å². The molecule has 0 spiro atoms. The van der Waals surface area contributed by atoms with E-state index < -0.39 is 0 Å². The van der Waals surface area contributed by atoms with Gasteiger partial charge >= 0.3 is 0 Å². The van der Waals surface area contributed by atoms with Crippen molar-refractivity contribution in [2.24, 2.45) is 11.1 Å². The number of ether oxygens (including phenoxy) is 1. The van der Waals surface area contributed by atoms with E-state index in [9.17, 15) is 0 Å². The lowest BCUT2D eigenvalue weighted by molar-refractivity contribution is 0.264. The molecule has 110 valence electrons. The molecule has 0 aromatic heterocycles. The Kier molecular flexibility index (Phi) is 6.51. The highest BCUT2D eigenvalue weighted by Crippen LogP contribution is 2.25. The van der Waals surface area contributed by atoms with E-state index in [-0.39, 0.29) is 11.5 Å². The van der Waals surface area contributed by atoms with E-state index in [2.05, 4.69) is 28.9 Å². The summed E-state index contributed by atoms with van der Waals surface area (Å²) in [5, 5.41) is 8.97. The average molecular weight is 339 g/mol. The summed E-state index contributed by atoms with van der Waals surface area (Å²) in [6, 6.07) is 8.39.